The summed E-state index contributed by atoms with van der Waals surface area (Å²) in [7, 11) is 6.01. The van der Waals surface area contributed by atoms with Crippen LogP contribution in [0.15, 0.2) is 29.3 Å². The third-order valence-electron chi connectivity index (χ3n) is 5.08. The summed E-state index contributed by atoms with van der Waals surface area (Å²) >= 11 is 0. The summed E-state index contributed by atoms with van der Waals surface area (Å²) in [5.41, 5.74) is 2.64. The number of anilines is 1. The Labute approximate surface area is 183 Å². The molecule has 0 unspecified atom stereocenters. The highest BCUT2D eigenvalue weighted by molar-refractivity contribution is 14.0. The molecule has 0 aliphatic carbocycles. The van der Waals surface area contributed by atoms with Crippen LogP contribution in [0.5, 0.6) is 0 Å². The second-order valence-corrected chi connectivity index (χ2v) is 7.42. The molecule has 5 nitrogen and oxygen atoms in total. The summed E-state index contributed by atoms with van der Waals surface area (Å²) < 4.78 is 0. The first-order valence-electron chi connectivity index (χ1n) is 10.1. The summed E-state index contributed by atoms with van der Waals surface area (Å²) in [5, 5.41) is 7.06. The molecule has 1 aliphatic rings. The molecular weight excluding hydrogens is 449 g/mol. The zero-order valence-electron chi connectivity index (χ0n) is 17.5. The van der Waals surface area contributed by atoms with Gasteiger partial charge in [-0.1, -0.05) is 19.1 Å². The van der Waals surface area contributed by atoms with E-state index in [4.69, 9.17) is 0 Å². The van der Waals surface area contributed by atoms with Crippen LogP contribution in [-0.4, -0.2) is 64.2 Å². The predicted octanol–water partition coefficient (Wildman–Crippen LogP) is 3.34. The number of halogens is 1. The molecule has 1 heterocycles. The zero-order chi connectivity index (χ0) is 18.8. The molecule has 6 heteroatoms. The molecule has 1 aromatic carbocycles. The summed E-state index contributed by atoms with van der Waals surface area (Å²) in [4.78, 5) is 9.09. The molecule has 0 bridgehead atoms. The number of hydrogen-bond donors (Lipinski definition) is 2. The fourth-order valence-electron chi connectivity index (χ4n) is 3.47. The van der Waals surface area contributed by atoms with Gasteiger partial charge >= 0.3 is 0 Å². The van der Waals surface area contributed by atoms with Gasteiger partial charge in [-0.15, -0.1) is 24.0 Å². The van der Waals surface area contributed by atoms with Crippen molar-refractivity contribution < 1.29 is 0 Å². The number of likely N-dealkylation sites (tertiary alicyclic amines) is 1. The van der Waals surface area contributed by atoms with Crippen molar-refractivity contribution in [2.75, 3.05) is 52.2 Å². The largest absolute Gasteiger partial charge is 0.378 e. The summed E-state index contributed by atoms with van der Waals surface area (Å²) in [5.74, 6) is 0.946. The average Bonchev–Trinajstić information content (AvgIpc) is 2.66. The second kappa shape index (κ2) is 13.2. The molecule has 2 rings (SSSR count). The Morgan fingerprint density at radius 2 is 1.85 bits per heavy atom. The minimum absolute atomic E-state index is 0. The van der Waals surface area contributed by atoms with Crippen molar-refractivity contribution >= 4 is 35.6 Å². The number of guanidine groups is 1. The third kappa shape index (κ3) is 8.68. The van der Waals surface area contributed by atoms with Crippen molar-refractivity contribution in [2.45, 2.75) is 45.1 Å². The Morgan fingerprint density at radius 3 is 2.41 bits per heavy atom. The van der Waals surface area contributed by atoms with E-state index in [0.29, 0.717) is 6.04 Å². The number of rotatable bonds is 8. The lowest BCUT2D eigenvalue weighted by atomic mass is 10.1. The van der Waals surface area contributed by atoms with Gasteiger partial charge in [0.15, 0.2) is 5.96 Å². The van der Waals surface area contributed by atoms with E-state index in [0.717, 1.165) is 25.3 Å². The molecule has 0 saturated carbocycles. The molecule has 0 amide bonds. The number of nitrogens with zero attached hydrogens (tertiary/aromatic N) is 3. The standard InChI is InChI=1S/C21H37N5.HI/c1-5-15-26-16-12-19(13-17-26)24-21(22-2)23-14-6-7-18-8-10-20(11-9-18)25(3)4;/h8-11,19H,5-7,12-17H2,1-4H3,(H2,22,23,24);1H. The van der Waals surface area contributed by atoms with Gasteiger partial charge in [-0.3, -0.25) is 4.99 Å². The Hall–Kier alpha value is -1.02. The van der Waals surface area contributed by atoms with Crippen molar-refractivity contribution in [3.63, 3.8) is 0 Å². The lowest BCUT2D eigenvalue weighted by Gasteiger charge is -2.32. The highest BCUT2D eigenvalue weighted by Crippen LogP contribution is 2.13. The molecular formula is C21H38IN5. The second-order valence-electron chi connectivity index (χ2n) is 7.42. The van der Waals surface area contributed by atoms with Gasteiger partial charge in [0.1, 0.15) is 0 Å². The van der Waals surface area contributed by atoms with Crippen LogP contribution in [-0.2, 0) is 6.42 Å². The molecule has 1 saturated heterocycles. The predicted molar refractivity (Wildman–Crippen MR) is 129 cm³/mol. The molecule has 0 atom stereocenters. The van der Waals surface area contributed by atoms with E-state index < -0.39 is 0 Å². The minimum atomic E-state index is 0. The van der Waals surface area contributed by atoms with Gasteiger partial charge in [0, 0.05) is 52.5 Å². The van der Waals surface area contributed by atoms with Crippen molar-refractivity contribution in [1.29, 1.82) is 0 Å². The normalized spacial score (nSPS) is 15.9. The fourth-order valence-corrected chi connectivity index (χ4v) is 3.47. The number of hydrogen-bond acceptors (Lipinski definition) is 3. The number of benzene rings is 1. The highest BCUT2D eigenvalue weighted by Gasteiger charge is 2.19. The van der Waals surface area contributed by atoms with E-state index >= 15 is 0 Å². The van der Waals surface area contributed by atoms with Crippen LogP contribution in [0.1, 0.15) is 38.2 Å². The van der Waals surface area contributed by atoms with Crippen LogP contribution in [0.2, 0.25) is 0 Å². The Bertz CT molecular complexity index is 536. The van der Waals surface area contributed by atoms with Crippen LogP contribution < -0.4 is 15.5 Å². The van der Waals surface area contributed by atoms with Crippen molar-refractivity contribution in [1.82, 2.24) is 15.5 Å². The Morgan fingerprint density at radius 1 is 1.19 bits per heavy atom. The zero-order valence-corrected chi connectivity index (χ0v) is 19.8. The number of nitrogens with one attached hydrogen (secondary N) is 2. The summed E-state index contributed by atoms with van der Waals surface area (Å²) in [6, 6.07) is 9.38. The quantitative estimate of drug-likeness (QED) is 0.256. The van der Waals surface area contributed by atoms with E-state index in [1.165, 1.54) is 50.1 Å². The molecule has 0 radical (unpaired) electrons. The molecule has 0 aromatic heterocycles. The Kier molecular flexibility index (Phi) is 11.7. The van der Waals surface area contributed by atoms with Crippen LogP contribution in [0.4, 0.5) is 5.69 Å². The maximum atomic E-state index is 4.39. The van der Waals surface area contributed by atoms with E-state index in [1.54, 1.807) is 0 Å². The maximum absolute atomic E-state index is 4.39. The molecule has 1 aromatic rings. The van der Waals surface area contributed by atoms with Gasteiger partial charge in [0.05, 0.1) is 0 Å². The number of aliphatic imine (C=N–C) groups is 1. The molecule has 1 aliphatic heterocycles. The first-order valence-corrected chi connectivity index (χ1v) is 10.1. The maximum Gasteiger partial charge on any atom is 0.191 e. The van der Waals surface area contributed by atoms with E-state index in [2.05, 4.69) is 70.7 Å². The first kappa shape index (κ1) is 24.0. The van der Waals surface area contributed by atoms with Gasteiger partial charge in [-0.25, -0.2) is 0 Å². The van der Waals surface area contributed by atoms with E-state index in [-0.39, 0.29) is 24.0 Å². The van der Waals surface area contributed by atoms with Gasteiger partial charge in [0.2, 0.25) is 0 Å². The van der Waals surface area contributed by atoms with Gasteiger partial charge < -0.3 is 20.4 Å². The van der Waals surface area contributed by atoms with Gasteiger partial charge in [0.25, 0.3) is 0 Å². The van der Waals surface area contributed by atoms with Crippen LogP contribution >= 0.6 is 24.0 Å². The summed E-state index contributed by atoms with van der Waals surface area (Å²) in [6.45, 7) is 6.84. The summed E-state index contributed by atoms with van der Waals surface area (Å²) in [6.07, 6.45) is 5.86. The van der Waals surface area contributed by atoms with Crippen molar-refractivity contribution in [3.05, 3.63) is 29.8 Å². The minimum Gasteiger partial charge on any atom is -0.378 e. The molecule has 2 N–H and O–H groups in total. The highest BCUT2D eigenvalue weighted by atomic mass is 127. The SMILES string of the molecule is CCCN1CCC(NC(=NC)NCCCc2ccc(N(C)C)cc2)CC1.I. The topological polar surface area (TPSA) is 42.9 Å². The van der Waals surface area contributed by atoms with Gasteiger partial charge in [-0.05, 0) is 56.3 Å². The Balaban J connectivity index is 0.00000364. The van der Waals surface area contributed by atoms with Crippen LogP contribution in [0, 0.1) is 0 Å². The number of piperidine rings is 1. The molecule has 154 valence electrons. The smallest absolute Gasteiger partial charge is 0.191 e. The lowest BCUT2D eigenvalue weighted by molar-refractivity contribution is 0.206. The van der Waals surface area contributed by atoms with Crippen LogP contribution in [0.3, 0.4) is 0 Å². The third-order valence-corrected chi connectivity index (χ3v) is 5.08. The van der Waals surface area contributed by atoms with Crippen LogP contribution in [0.25, 0.3) is 0 Å². The molecule has 0 spiro atoms. The van der Waals surface area contributed by atoms with Gasteiger partial charge in [-0.2, -0.15) is 0 Å². The van der Waals surface area contributed by atoms with E-state index in [9.17, 15) is 0 Å². The van der Waals surface area contributed by atoms with Crippen molar-refractivity contribution in [3.8, 4) is 0 Å². The average molecular weight is 487 g/mol. The number of aryl methyl sites for hydroxylation is 1. The monoisotopic (exact) mass is 487 g/mol. The molecule has 27 heavy (non-hydrogen) atoms. The van der Waals surface area contributed by atoms with Crippen molar-refractivity contribution in [2.24, 2.45) is 4.99 Å². The first-order chi connectivity index (χ1) is 12.6. The molecule has 1 fully saturated rings. The fraction of sp³-hybridized carbons (Fsp3) is 0.667. The lowest BCUT2D eigenvalue weighted by Crippen LogP contribution is -2.48. The van der Waals surface area contributed by atoms with E-state index in [1.807, 2.05) is 7.05 Å².